The Hall–Kier alpha value is -2.30. The molecule has 1 fully saturated rings. The number of benzene rings is 1. The van der Waals surface area contributed by atoms with Crippen LogP contribution in [-0.4, -0.2) is 18.6 Å². The van der Waals surface area contributed by atoms with Gasteiger partial charge in [-0.25, -0.2) is 9.59 Å². The number of nitrogens with one attached hydrogen (secondary N) is 2. The van der Waals surface area contributed by atoms with Crippen LogP contribution in [0.2, 0.25) is 0 Å². The number of amides is 2. The molecule has 2 amide bonds. The number of ether oxygens (including phenoxy) is 1. The minimum absolute atomic E-state index is 0.301. The van der Waals surface area contributed by atoms with Crippen molar-refractivity contribution in [2.75, 3.05) is 6.61 Å². The van der Waals surface area contributed by atoms with E-state index in [-0.39, 0.29) is 12.0 Å². The Morgan fingerprint density at radius 1 is 1.17 bits per heavy atom. The molecule has 2 aliphatic rings. The predicted molar refractivity (Wildman–Crippen MR) is 91.1 cm³/mol. The Morgan fingerprint density at radius 3 is 2.58 bits per heavy atom. The molecule has 0 spiro atoms. The summed E-state index contributed by atoms with van der Waals surface area (Å²) in [5, 5.41) is 5.50. The minimum atomic E-state index is -0.473. The number of hydrogen-bond acceptors (Lipinski definition) is 3. The molecule has 3 rings (SSSR count). The average molecular weight is 328 g/mol. The van der Waals surface area contributed by atoms with Crippen LogP contribution >= 0.6 is 0 Å². The Labute approximate surface area is 142 Å². The maximum Gasteiger partial charge on any atom is 0.338 e. The lowest BCUT2D eigenvalue weighted by atomic mass is 9.90. The molecule has 24 heavy (non-hydrogen) atoms. The quantitative estimate of drug-likeness (QED) is 0.832. The van der Waals surface area contributed by atoms with E-state index in [9.17, 15) is 9.59 Å². The zero-order valence-electron chi connectivity index (χ0n) is 14.0. The van der Waals surface area contributed by atoms with E-state index in [1.54, 1.807) is 6.92 Å². The van der Waals surface area contributed by atoms with E-state index < -0.39 is 6.04 Å². The molecular formula is C19H24N2O3. The van der Waals surface area contributed by atoms with Crippen molar-refractivity contribution in [2.45, 2.75) is 45.1 Å². The number of carbonyl (C=O) groups excluding carboxylic acids is 2. The van der Waals surface area contributed by atoms with Gasteiger partial charge in [-0.15, -0.1) is 0 Å². The summed E-state index contributed by atoms with van der Waals surface area (Å²) in [5.41, 5.74) is 1.91. The van der Waals surface area contributed by atoms with Crippen LogP contribution < -0.4 is 10.6 Å². The third kappa shape index (κ3) is 3.78. The lowest BCUT2D eigenvalue weighted by Gasteiger charge is -2.29. The van der Waals surface area contributed by atoms with E-state index in [4.69, 9.17) is 4.74 Å². The molecule has 1 aromatic carbocycles. The highest BCUT2D eigenvalue weighted by Gasteiger charge is 2.32. The number of rotatable bonds is 4. The topological polar surface area (TPSA) is 67.4 Å². The van der Waals surface area contributed by atoms with Gasteiger partial charge in [-0.05, 0) is 31.2 Å². The Bertz CT molecular complexity index is 633. The first-order valence-corrected chi connectivity index (χ1v) is 8.65. The van der Waals surface area contributed by atoms with Crippen LogP contribution in [0.25, 0.3) is 0 Å². The number of esters is 1. The predicted octanol–water partition coefficient (Wildman–Crippen LogP) is 3.44. The van der Waals surface area contributed by atoms with Crippen LogP contribution in [0.4, 0.5) is 4.79 Å². The van der Waals surface area contributed by atoms with Gasteiger partial charge in [-0.2, -0.15) is 0 Å². The van der Waals surface area contributed by atoms with Crippen LogP contribution in [0.5, 0.6) is 0 Å². The van der Waals surface area contributed by atoms with Gasteiger partial charge >= 0.3 is 12.0 Å². The summed E-state index contributed by atoms with van der Waals surface area (Å²) in [6.07, 6.45) is 5.97. The van der Waals surface area contributed by atoms with E-state index in [1.165, 1.54) is 19.3 Å². The summed E-state index contributed by atoms with van der Waals surface area (Å²) < 4.78 is 5.59. The number of allylic oxidation sites excluding steroid dienone is 1. The molecular weight excluding hydrogens is 304 g/mol. The van der Waals surface area contributed by atoms with E-state index in [2.05, 4.69) is 10.6 Å². The van der Waals surface area contributed by atoms with Crippen molar-refractivity contribution in [3.05, 3.63) is 47.2 Å². The molecule has 1 atom stereocenters. The van der Waals surface area contributed by atoms with Crippen molar-refractivity contribution in [3.8, 4) is 0 Å². The molecule has 1 heterocycles. The van der Waals surface area contributed by atoms with Gasteiger partial charge in [-0.3, -0.25) is 0 Å². The zero-order chi connectivity index (χ0) is 16.9. The fraction of sp³-hybridized carbons (Fsp3) is 0.474. The van der Waals surface area contributed by atoms with Crippen molar-refractivity contribution in [1.29, 1.82) is 0 Å². The molecule has 0 saturated heterocycles. The lowest BCUT2D eigenvalue weighted by molar-refractivity contribution is -0.141. The molecule has 1 aliphatic carbocycles. The summed E-state index contributed by atoms with van der Waals surface area (Å²) in [5.74, 6) is 0.115. The molecule has 1 saturated carbocycles. The van der Waals surface area contributed by atoms with Gasteiger partial charge in [0, 0.05) is 5.70 Å². The zero-order valence-corrected chi connectivity index (χ0v) is 14.0. The van der Waals surface area contributed by atoms with Crippen molar-refractivity contribution >= 4 is 12.0 Å². The second kappa shape index (κ2) is 7.51. The first-order valence-electron chi connectivity index (χ1n) is 8.65. The molecule has 5 nitrogen and oxygen atoms in total. The van der Waals surface area contributed by atoms with Crippen LogP contribution in [0, 0.1) is 5.92 Å². The molecule has 1 unspecified atom stereocenters. The van der Waals surface area contributed by atoms with Crippen molar-refractivity contribution < 1.29 is 14.3 Å². The summed E-state index contributed by atoms with van der Waals surface area (Å²) in [6, 6.07) is 8.72. The maximum atomic E-state index is 12.7. The second-order valence-electron chi connectivity index (χ2n) is 6.58. The van der Waals surface area contributed by atoms with E-state index >= 15 is 0 Å². The van der Waals surface area contributed by atoms with Crippen molar-refractivity contribution in [3.63, 3.8) is 0 Å². The smallest absolute Gasteiger partial charge is 0.338 e. The highest BCUT2D eigenvalue weighted by Crippen LogP contribution is 2.29. The molecule has 0 bridgehead atoms. The molecule has 1 aliphatic heterocycles. The number of hydrogen-bond donors (Lipinski definition) is 2. The van der Waals surface area contributed by atoms with E-state index in [0.29, 0.717) is 23.8 Å². The van der Waals surface area contributed by atoms with Crippen molar-refractivity contribution in [2.24, 2.45) is 5.92 Å². The van der Waals surface area contributed by atoms with Gasteiger partial charge in [0.15, 0.2) is 0 Å². The number of carbonyl (C=O) groups is 2. The minimum Gasteiger partial charge on any atom is -0.462 e. The Kier molecular flexibility index (Phi) is 5.18. The third-order valence-corrected chi connectivity index (χ3v) is 4.80. The van der Waals surface area contributed by atoms with Gasteiger partial charge in [0.2, 0.25) is 0 Å². The summed E-state index contributed by atoms with van der Waals surface area (Å²) in [7, 11) is 0. The summed E-state index contributed by atoms with van der Waals surface area (Å²) >= 11 is 0. The average Bonchev–Trinajstić information content (AvgIpc) is 2.60. The molecule has 0 radical (unpaired) electrons. The van der Waals surface area contributed by atoms with Gasteiger partial charge in [0.1, 0.15) is 0 Å². The number of urea groups is 1. The first kappa shape index (κ1) is 16.6. The maximum absolute atomic E-state index is 12.7. The Morgan fingerprint density at radius 2 is 1.88 bits per heavy atom. The molecule has 128 valence electrons. The van der Waals surface area contributed by atoms with Crippen LogP contribution in [0.1, 0.15) is 50.6 Å². The highest BCUT2D eigenvalue weighted by atomic mass is 16.5. The monoisotopic (exact) mass is 328 g/mol. The van der Waals surface area contributed by atoms with Crippen LogP contribution in [0.15, 0.2) is 41.6 Å². The molecule has 1 aromatic rings. The molecule has 5 heteroatoms. The van der Waals surface area contributed by atoms with E-state index in [1.807, 2.05) is 30.3 Å². The standard InChI is InChI=1S/C19H24N2O3/c1-13-16(18(22)24-12-14-8-4-2-5-9-14)17(21-19(23)20-13)15-10-6-3-7-11-15/h3,6-7,10-11,14,17H,2,4-5,8-9,12H2,1H3,(H2,20,21,23). The SMILES string of the molecule is CC1=C(C(=O)OCC2CCCCC2)C(c2ccccc2)NC(=O)N1. The fourth-order valence-corrected chi connectivity index (χ4v) is 3.49. The Balaban J connectivity index is 1.75. The van der Waals surface area contributed by atoms with Gasteiger partial charge < -0.3 is 15.4 Å². The van der Waals surface area contributed by atoms with Gasteiger partial charge in [-0.1, -0.05) is 49.6 Å². The summed E-state index contributed by atoms with van der Waals surface area (Å²) in [4.78, 5) is 24.5. The van der Waals surface area contributed by atoms with Gasteiger partial charge in [0.05, 0.1) is 18.2 Å². The largest absolute Gasteiger partial charge is 0.462 e. The normalized spacial score (nSPS) is 21.9. The summed E-state index contributed by atoms with van der Waals surface area (Å²) in [6.45, 7) is 2.21. The first-order chi connectivity index (χ1) is 11.6. The van der Waals surface area contributed by atoms with Gasteiger partial charge in [0.25, 0.3) is 0 Å². The molecule has 2 N–H and O–H groups in total. The molecule has 0 aromatic heterocycles. The highest BCUT2D eigenvalue weighted by molar-refractivity contribution is 5.95. The fourth-order valence-electron chi connectivity index (χ4n) is 3.49. The lowest BCUT2D eigenvalue weighted by Crippen LogP contribution is -2.45. The van der Waals surface area contributed by atoms with Crippen LogP contribution in [-0.2, 0) is 9.53 Å². The third-order valence-electron chi connectivity index (χ3n) is 4.80. The van der Waals surface area contributed by atoms with E-state index in [0.717, 1.165) is 18.4 Å². The van der Waals surface area contributed by atoms with Crippen molar-refractivity contribution in [1.82, 2.24) is 10.6 Å². The second-order valence-corrected chi connectivity index (χ2v) is 6.58. The van der Waals surface area contributed by atoms with Crippen LogP contribution in [0.3, 0.4) is 0 Å².